The zero-order valence-corrected chi connectivity index (χ0v) is 11.6. The largest absolute Gasteiger partial charge is 0.469 e. The van der Waals surface area contributed by atoms with Gasteiger partial charge in [-0.2, -0.15) is 5.10 Å². The molecule has 17 heavy (non-hydrogen) atoms. The number of ether oxygens (including phenoxy) is 1. The quantitative estimate of drug-likeness (QED) is 0.756. The van der Waals surface area contributed by atoms with Crippen molar-refractivity contribution in [3.05, 3.63) is 17.0 Å². The number of hydrogen-bond acceptors (Lipinski definition) is 3. The fraction of sp³-hybridized carbons (Fsp3) is 0.692. The maximum atomic E-state index is 11.6. The van der Waals surface area contributed by atoms with Gasteiger partial charge < -0.3 is 4.74 Å². The third-order valence-electron chi connectivity index (χ3n) is 3.17. The summed E-state index contributed by atoms with van der Waals surface area (Å²) < 4.78 is 6.72. The fourth-order valence-electron chi connectivity index (χ4n) is 2.11. The maximum absolute atomic E-state index is 11.6. The van der Waals surface area contributed by atoms with Crippen molar-refractivity contribution >= 4 is 5.97 Å². The van der Waals surface area contributed by atoms with E-state index in [-0.39, 0.29) is 5.97 Å². The van der Waals surface area contributed by atoms with Crippen molar-refractivity contribution in [3.8, 4) is 0 Å². The van der Waals surface area contributed by atoms with E-state index in [1.807, 2.05) is 32.4 Å². The summed E-state index contributed by atoms with van der Waals surface area (Å²) in [4.78, 5) is 11.6. The monoisotopic (exact) mass is 238 g/mol. The fourth-order valence-corrected chi connectivity index (χ4v) is 2.11. The normalized spacial score (nSPS) is 11.6. The van der Waals surface area contributed by atoms with Crippen LogP contribution in [0.5, 0.6) is 0 Å². The minimum Gasteiger partial charge on any atom is -0.469 e. The Morgan fingerprint density at radius 1 is 1.41 bits per heavy atom. The SMILES string of the molecule is CCc1c(C)nn(CC(C)(C)C(=O)OC)c1C. The van der Waals surface area contributed by atoms with Crippen LogP contribution in [-0.4, -0.2) is 22.9 Å². The predicted molar refractivity (Wildman–Crippen MR) is 66.9 cm³/mol. The molecule has 0 saturated carbocycles. The highest BCUT2D eigenvalue weighted by Gasteiger charge is 2.30. The van der Waals surface area contributed by atoms with Gasteiger partial charge in [0.25, 0.3) is 0 Å². The van der Waals surface area contributed by atoms with Gasteiger partial charge in [0, 0.05) is 5.69 Å². The first-order valence-electron chi connectivity index (χ1n) is 5.94. The minimum atomic E-state index is -0.553. The highest BCUT2D eigenvalue weighted by atomic mass is 16.5. The van der Waals surface area contributed by atoms with Gasteiger partial charge in [0.15, 0.2) is 0 Å². The summed E-state index contributed by atoms with van der Waals surface area (Å²) in [5.74, 6) is -0.205. The second-order valence-electron chi connectivity index (χ2n) is 5.04. The molecule has 1 aromatic heterocycles. The van der Waals surface area contributed by atoms with Gasteiger partial charge in [-0.3, -0.25) is 9.48 Å². The Morgan fingerprint density at radius 2 is 2.00 bits per heavy atom. The van der Waals surface area contributed by atoms with E-state index in [1.165, 1.54) is 12.7 Å². The third kappa shape index (κ3) is 2.68. The van der Waals surface area contributed by atoms with Gasteiger partial charge in [0.2, 0.25) is 0 Å². The van der Waals surface area contributed by atoms with Crippen LogP contribution in [0.3, 0.4) is 0 Å². The Balaban J connectivity index is 3.00. The Labute approximate surface area is 103 Å². The molecule has 96 valence electrons. The van der Waals surface area contributed by atoms with Crippen molar-refractivity contribution in [2.24, 2.45) is 5.41 Å². The molecule has 0 N–H and O–H groups in total. The van der Waals surface area contributed by atoms with Crippen molar-refractivity contribution in [3.63, 3.8) is 0 Å². The number of rotatable bonds is 4. The molecular formula is C13H22N2O2. The van der Waals surface area contributed by atoms with Crippen LogP contribution < -0.4 is 0 Å². The lowest BCUT2D eigenvalue weighted by Crippen LogP contribution is -2.31. The van der Waals surface area contributed by atoms with Crippen molar-refractivity contribution in [1.82, 2.24) is 9.78 Å². The molecule has 0 spiro atoms. The van der Waals surface area contributed by atoms with Crippen LogP contribution in [0.4, 0.5) is 0 Å². The lowest BCUT2D eigenvalue weighted by atomic mass is 9.94. The molecule has 0 aliphatic rings. The third-order valence-corrected chi connectivity index (χ3v) is 3.17. The highest BCUT2D eigenvalue weighted by Crippen LogP contribution is 2.22. The van der Waals surface area contributed by atoms with E-state index in [2.05, 4.69) is 12.0 Å². The van der Waals surface area contributed by atoms with Crippen molar-refractivity contribution < 1.29 is 9.53 Å². The second-order valence-corrected chi connectivity index (χ2v) is 5.04. The first-order valence-corrected chi connectivity index (χ1v) is 5.94. The van der Waals surface area contributed by atoms with E-state index in [9.17, 15) is 4.79 Å². The van der Waals surface area contributed by atoms with E-state index in [0.717, 1.165) is 17.8 Å². The van der Waals surface area contributed by atoms with Gasteiger partial charge in [-0.25, -0.2) is 0 Å². The maximum Gasteiger partial charge on any atom is 0.313 e. The highest BCUT2D eigenvalue weighted by molar-refractivity contribution is 5.75. The molecule has 0 bridgehead atoms. The number of esters is 1. The number of aromatic nitrogens is 2. The van der Waals surface area contributed by atoms with Crippen LogP contribution in [0.25, 0.3) is 0 Å². The molecule has 1 aromatic rings. The molecule has 0 radical (unpaired) electrons. The number of hydrogen-bond donors (Lipinski definition) is 0. The molecule has 0 amide bonds. The van der Waals surface area contributed by atoms with Crippen molar-refractivity contribution in [2.45, 2.75) is 47.6 Å². The Kier molecular flexibility index (Phi) is 3.96. The second kappa shape index (κ2) is 4.90. The lowest BCUT2D eigenvalue weighted by molar-refractivity contribution is -0.151. The molecule has 0 aromatic carbocycles. The summed E-state index contributed by atoms with van der Waals surface area (Å²) in [6.07, 6.45) is 0.969. The van der Waals surface area contributed by atoms with Crippen LogP contribution >= 0.6 is 0 Å². The summed E-state index contributed by atoms with van der Waals surface area (Å²) in [5.41, 5.74) is 2.90. The number of carbonyl (C=O) groups is 1. The van der Waals surface area contributed by atoms with Crippen LogP contribution in [0.1, 0.15) is 37.7 Å². The van der Waals surface area contributed by atoms with Gasteiger partial charge in [-0.05, 0) is 39.7 Å². The molecule has 4 heteroatoms. The van der Waals surface area contributed by atoms with Crippen LogP contribution in [0.15, 0.2) is 0 Å². The van der Waals surface area contributed by atoms with Crippen LogP contribution in [-0.2, 0) is 22.5 Å². The average Bonchev–Trinajstić information content (AvgIpc) is 2.52. The van der Waals surface area contributed by atoms with Gasteiger partial charge in [0.05, 0.1) is 24.8 Å². The molecule has 0 saturated heterocycles. The van der Waals surface area contributed by atoms with E-state index < -0.39 is 5.41 Å². The molecular weight excluding hydrogens is 216 g/mol. The van der Waals surface area contributed by atoms with E-state index in [1.54, 1.807) is 0 Å². The van der Waals surface area contributed by atoms with Gasteiger partial charge in [-0.15, -0.1) is 0 Å². The number of methoxy groups -OCH3 is 1. The summed E-state index contributed by atoms with van der Waals surface area (Å²) >= 11 is 0. The van der Waals surface area contributed by atoms with Gasteiger partial charge >= 0.3 is 5.97 Å². The molecule has 0 aliphatic carbocycles. The minimum absolute atomic E-state index is 0.205. The zero-order chi connectivity index (χ0) is 13.2. The molecule has 1 rings (SSSR count). The average molecular weight is 238 g/mol. The van der Waals surface area contributed by atoms with Gasteiger partial charge in [0.1, 0.15) is 0 Å². The van der Waals surface area contributed by atoms with Crippen LogP contribution in [0.2, 0.25) is 0 Å². The standard InChI is InChI=1S/C13H22N2O2/c1-7-11-9(2)14-15(10(11)3)8-13(4,5)12(16)17-6/h7-8H2,1-6H3. The number of carbonyl (C=O) groups excluding carboxylic acids is 1. The Morgan fingerprint density at radius 3 is 2.41 bits per heavy atom. The summed E-state index contributed by atoms with van der Waals surface area (Å²) in [5, 5.41) is 4.49. The number of nitrogens with zero attached hydrogens (tertiary/aromatic N) is 2. The summed E-state index contributed by atoms with van der Waals surface area (Å²) in [6.45, 7) is 10.5. The molecule has 4 nitrogen and oxygen atoms in total. The molecule has 0 atom stereocenters. The Bertz CT molecular complexity index is 419. The van der Waals surface area contributed by atoms with Gasteiger partial charge in [-0.1, -0.05) is 6.92 Å². The smallest absolute Gasteiger partial charge is 0.313 e. The number of aryl methyl sites for hydroxylation is 1. The predicted octanol–water partition coefficient (Wildman–Crippen LogP) is 2.26. The first-order chi connectivity index (χ1) is 7.83. The topological polar surface area (TPSA) is 44.1 Å². The van der Waals surface area contributed by atoms with Crippen LogP contribution in [0, 0.1) is 19.3 Å². The molecule has 0 fully saturated rings. The van der Waals surface area contributed by atoms with E-state index in [0.29, 0.717) is 6.54 Å². The van der Waals surface area contributed by atoms with Crippen molar-refractivity contribution in [2.75, 3.05) is 7.11 Å². The Hall–Kier alpha value is -1.32. The molecule has 0 aliphatic heterocycles. The van der Waals surface area contributed by atoms with E-state index in [4.69, 9.17) is 4.74 Å². The zero-order valence-electron chi connectivity index (χ0n) is 11.6. The lowest BCUT2D eigenvalue weighted by Gasteiger charge is -2.22. The van der Waals surface area contributed by atoms with E-state index >= 15 is 0 Å². The summed E-state index contributed by atoms with van der Waals surface area (Å²) in [7, 11) is 1.42. The summed E-state index contributed by atoms with van der Waals surface area (Å²) in [6, 6.07) is 0. The van der Waals surface area contributed by atoms with Crippen molar-refractivity contribution in [1.29, 1.82) is 0 Å². The molecule has 0 unspecified atom stereocenters. The first kappa shape index (κ1) is 13.7. The molecule has 1 heterocycles.